The third kappa shape index (κ3) is 1.73. The molecular formula is C14H19ClN2O. The maximum Gasteiger partial charge on any atom is 0.0642 e. The molecule has 18 heavy (non-hydrogen) atoms. The summed E-state index contributed by atoms with van der Waals surface area (Å²) in [6.45, 7) is 2.22. The number of piperidine rings is 1. The monoisotopic (exact) mass is 266 g/mol. The number of aliphatic hydroxyl groups is 1. The molecule has 98 valence electrons. The van der Waals surface area contributed by atoms with Crippen molar-refractivity contribution < 1.29 is 5.11 Å². The van der Waals surface area contributed by atoms with Gasteiger partial charge in [-0.1, -0.05) is 23.7 Å². The number of hydrogen-bond donors (Lipinski definition) is 2. The molecule has 0 bridgehead atoms. The number of fused-ring (bicyclic) bond motifs is 2. The summed E-state index contributed by atoms with van der Waals surface area (Å²) in [6.07, 6.45) is 1.11. The van der Waals surface area contributed by atoms with Crippen LogP contribution in [0.5, 0.6) is 0 Å². The number of nitrogens with one attached hydrogen (secondary N) is 1. The van der Waals surface area contributed by atoms with Crippen LogP contribution in [0.4, 0.5) is 5.69 Å². The van der Waals surface area contributed by atoms with E-state index in [-0.39, 0.29) is 12.5 Å². The quantitative estimate of drug-likeness (QED) is 0.814. The minimum absolute atomic E-state index is 0.198. The van der Waals surface area contributed by atoms with E-state index < -0.39 is 0 Å². The third-order valence-electron chi connectivity index (χ3n) is 4.47. The van der Waals surface area contributed by atoms with Gasteiger partial charge in [-0.2, -0.15) is 0 Å². The van der Waals surface area contributed by atoms with Gasteiger partial charge in [0.05, 0.1) is 17.3 Å². The molecule has 0 aliphatic carbocycles. The molecule has 4 heteroatoms. The summed E-state index contributed by atoms with van der Waals surface area (Å²) in [4.78, 5) is 2.31. The number of hydrogen-bond acceptors (Lipinski definition) is 3. The van der Waals surface area contributed by atoms with Gasteiger partial charge in [-0.3, -0.25) is 0 Å². The Bertz CT molecular complexity index is 451. The van der Waals surface area contributed by atoms with Crippen LogP contribution in [0, 0.1) is 5.92 Å². The molecule has 3 nitrogen and oxygen atoms in total. The number of anilines is 1. The molecule has 1 aromatic rings. The average Bonchev–Trinajstić information content (AvgIpc) is 2.39. The van der Waals surface area contributed by atoms with Crippen LogP contribution in [0.3, 0.4) is 0 Å². The summed E-state index contributed by atoms with van der Waals surface area (Å²) in [5.41, 5.74) is 2.30. The van der Waals surface area contributed by atoms with Gasteiger partial charge in [-0.15, -0.1) is 0 Å². The predicted molar refractivity (Wildman–Crippen MR) is 74.4 cm³/mol. The Morgan fingerprint density at radius 3 is 3.11 bits per heavy atom. The van der Waals surface area contributed by atoms with Crippen LogP contribution >= 0.6 is 11.6 Å². The van der Waals surface area contributed by atoms with E-state index in [0.29, 0.717) is 12.0 Å². The summed E-state index contributed by atoms with van der Waals surface area (Å²) in [6, 6.07) is 6.50. The molecule has 0 aromatic heterocycles. The second-order valence-electron chi connectivity index (χ2n) is 5.30. The summed E-state index contributed by atoms with van der Waals surface area (Å²) < 4.78 is 0. The molecule has 3 unspecified atom stereocenters. The normalized spacial score (nSPS) is 30.8. The smallest absolute Gasteiger partial charge is 0.0642 e. The summed E-state index contributed by atoms with van der Waals surface area (Å²) in [5.74, 6) is 0.674. The van der Waals surface area contributed by atoms with Crippen molar-refractivity contribution in [2.24, 2.45) is 5.92 Å². The number of benzene rings is 1. The Morgan fingerprint density at radius 1 is 1.50 bits per heavy atom. The highest BCUT2D eigenvalue weighted by Gasteiger charge is 2.41. The Kier molecular flexibility index (Phi) is 3.22. The number of aliphatic hydroxyl groups excluding tert-OH is 1. The Morgan fingerprint density at radius 2 is 2.33 bits per heavy atom. The van der Waals surface area contributed by atoms with Crippen molar-refractivity contribution >= 4 is 17.3 Å². The van der Waals surface area contributed by atoms with E-state index in [1.54, 1.807) is 0 Å². The van der Waals surface area contributed by atoms with Crippen LogP contribution in [0.1, 0.15) is 17.9 Å². The van der Waals surface area contributed by atoms with Crippen LogP contribution < -0.4 is 10.2 Å². The summed E-state index contributed by atoms with van der Waals surface area (Å²) >= 11 is 6.35. The van der Waals surface area contributed by atoms with E-state index >= 15 is 0 Å². The fourth-order valence-corrected chi connectivity index (χ4v) is 3.91. The summed E-state index contributed by atoms with van der Waals surface area (Å²) in [5, 5.41) is 14.0. The molecule has 2 aliphatic heterocycles. The Labute approximate surface area is 113 Å². The van der Waals surface area contributed by atoms with Gasteiger partial charge < -0.3 is 15.3 Å². The van der Waals surface area contributed by atoms with Gasteiger partial charge in [0.1, 0.15) is 0 Å². The van der Waals surface area contributed by atoms with E-state index in [4.69, 9.17) is 11.6 Å². The molecule has 1 fully saturated rings. The van der Waals surface area contributed by atoms with Crippen LogP contribution in [-0.2, 0) is 0 Å². The number of para-hydroxylation sites is 1. The zero-order valence-corrected chi connectivity index (χ0v) is 11.3. The molecule has 1 saturated heterocycles. The molecule has 0 saturated carbocycles. The third-order valence-corrected chi connectivity index (χ3v) is 4.78. The highest BCUT2D eigenvalue weighted by atomic mass is 35.5. The second kappa shape index (κ2) is 4.72. The first kappa shape index (κ1) is 12.3. The molecule has 0 spiro atoms. The van der Waals surface area contributed by atoms with Crippen LogP contribution in [0.25, 0.3) is 0 Å². The molecule has 2 N–H and O–H groups in total. The molecule has 1 aromatic carbocycles. The molecular weight excluding hydrogens is 248 g/mol. The minimum atomic E-state index is 0.198. The topological polar surface area (TPSA) is 35.5 Å². The first-order valence-corrected chi connectivity index (χ1v) is 6.94. The lowest BCUT2D eigenvalue weighted by atomic mass is 9.74. The molecule has 0 radical (unpaired) electrons. The van der Waals surface area contributed by atoms with Gasteiger partial charge in [0.25, 0.3) is 0 Å². The van der Waals surface area contributed by atoms with Crippen LogP contribution in [0.15, 0.2) is 18.2 Å². The van der Waals surface area contributed by atoms with Crippen molar-refractivity contribution in [3.05, 3.63) is 28.8 Å². The average molecular weight is 267 g/mol. The maximum absolute atomic E-state index is 9.76. The van der Waals surface area contributed by atoms with Gasteiger partial charge >= 0.3 is 0 Å². The molecule has 0 amide bonds. The van der Waals surface area contributed by atoms with E-state index in [2.05, 4.69) is 23.3 Å². The largest absolute Gasteiger partial charge is 0.396 e. The summed E-state index contributed by atoms with van der Waals surface area (Å²) in [7, 11) is 2.13. The highest BCUT2D eigenvalue weighted by Crippen LogP contribution is 2.45. The van der Waals surface area contributed by atoms with Crippen molar-refractivity contribution in [3.8, 4) is 0 Å². The highest BCUT2D eigenvalue weighted by molar-refractivity contribution is 6.33. The Balaban J connectivity index is 2.11. The first-order chi connectivity index (χ1) is 8.74. The van der Waals surface area contributed by atoms with Crippen molar-refractivity contribution in [2.75, 3.05) is 31.6 Å². The number of rotatable bonds is 1. The van der Waals surface area contributed by atoms with Crippen LogP contribution in [-0.4, -0.2) is 37.9 Å². The molecule has 2 heterocycles. The lowest BCUT2D eigenvalue weighted by Crippen LogP contribution is -2.54. The lowest BCUT2D eigenvalue weighted by molar-refractivity contribution is 0.178. The minimum Gasteiger partial charge on any atom is -0.396 e. The zero-order chi connectivity index (χ0) is 12.7. The second-order valence-corrected chi connectivity index (χ2v) is 5.71. The SMILES string of the molecule is CN1c2c(Cl)cccc2C(CO)C2CNCCC21. The van der Waals surface area contributed by atoms with Crippen molar-refractivity contribution in [3.63, 3.8) is 0 Å². The van der Waals surface area contributed by atoms with E-state index in [9.17, 15) is 5.11 Å². The zero-order valence-electron chi connectivity index (χ0n) is 10.6. The van der Waals surface area contributed by atoms with Crippen molar-refractivity contribution in [1.29, 1.82) is 0 Å². The van der Waals surface area contributed by atoms with Gasteiger partial charge in [-0.25, -0.2) is 0 Å². The standard InChI is InChI=1S/C14H19ClN2O/c1-17-13-5-6-16-7-10(13)11(8-18)9-3-2-4-12(15)14(9)17/h2-4,10-11,13,16,18H,5-8H2,1H3. The first-order valence-electron chi connectivity index (χ1n) is 6.57. The van der Waals surface area contributed by atoms with Crippen molar-refractivity contribution in [2.45, 2.75) is 18.4 Å². The van der Waals surface area contributed by atoms with E-state index in [0.717, 1.165) is 30.2 Å². The van der Waals surface area contributed by atoms with Gasteiger partial charge in [0.15, 0.2) is 0 Å². The fraction of sp³-hybridized carbons (Fsp3) is 0.571. The molecule has 3 rings (SSSR count). The predicted octanol–water partition coefficient (Wildman–Crippen LogP) is 1.84. The Hall–Kier alpha value is -0.770. The fourth-order valence-electron chi connectivity index (χ4n) is 3.59. The van der Waals surface area contributed by atoms with E-state index in [1.807, 2.05) is 12.1 Å². The number of nitrogens with zero attached hydrogens (tertiary/aromatic N) is 1. The van der Waals surface area contributed by atoms with Gasteiger partial charge in [0.2, 0.25) is 0 Å². The molecule has 3 atom stereocenters. The van der Waals surface area contributed by atoms with Gasteiger partial charge in [0, 0.05) is 31.5 Å². The van der Waals surface area contributed by atoms with Gasteiger partial charge in [-0.05, 0) is 24.6 Å². The molecule has 2 aliphatic rings. The van der Waals surface area contributed by atoms with Crippen LogP contribution in [0.2, 0.25) is 5.02 Å². The lowest BCUT2D eigenvalue weighted by Gasteiger charge is -2.48. The van der Waals surface area contributed by atoms with Crippen molar-refractivity contribution in [1.82, 2.24) is 5.32 Å². The van der Waals surface area contributed by atoms with E-state index in [1.165, 1.54) is 5.56 Å². The maximum atomic E-state index is 9.76. The number of halogens is 1.